The lowest BCUT2D eigenvalue weighted by atomic mass is 10.1. The molecule has 0 saturated carbocycles. The van der Waals surface area contributed by atoms with Gasteiger partial charge in [0.2, 0.25) is 5.91 Å². The Bertz CT molecular complexity index is 801. The van der Waals surface area contributed by atoms with Crippen LogP contribution in [0.2, 0.25) is 0 Å². The Morgan fingerprint density at radius 3 is 2.50 bits per heavy atom. The lowest BCUT2D eigenvalue weighted by Crippen LogP contribution is -2.19. The zero-order valence-corrected chi connectivity index (χ0v) is 15.4. The zero-order chi connectivity index (χ0) is 19.1. The van der Waals surface area contributed by atoms with Gasteiger partial charge in [-0.2, -0.15) is 0 Å². The minimum atomic E-state index is -0.717. The van der Waals surface area contributed by atoms with E-state index in [-0.39, 0.29) is 41.0 Å². The number of amides is 2. The van der Waals surface area contributed by atoms with Gasteiger partial charge < -0.3 is 20.5 Å². The van der Waals surface area contributed by atoms with Gasteiger partial charge in [-0.05, 0) is 31.5 Å². The van der Waals surface area contributed by atoms with Gasteiger partial charge in [0, 0.05) is 0 Å². The summed E-state index contributed by atoms with van der Waals surface area (Å²) in [4.78, 5) is 36.1. The Hall–Kier alpha value is -2.87. The third-order valence-corrected chi connectivity index (χ3v) is 4.64. The second-order valence-corrected chi connectivity index (χ2v) is 6.33. The summed E-state index contributed by atoms with van der Waals surface area (Å²) in [7, 11) is 0. The molecule has 0 spiro atoms. The number of rotatable bonds is 8. The first-order valence-corrected chi connectivity index (χ1v) is 8.83. The summed E-state index contributed by atoms with van der Waals surface area (Å²) in [5.41, 5.74) is 5.91. The number of thiophene rings is 1. The van der Waals surface area contributed by atoms with E-state index >= 15 is 0 Å². The zero-order valence-electron chi connectivity index (χ0n) is 14.5. The van der Waals surface area contributed by atoms with Crippen LogP contribution in [0.5, 0.6) is 5.75 Å². The third kappa shape index (κ3) is 4.82. The number of para-hydroxylation sites is 1. The summed E-state index contributed by atoms with van der Waals surface area (Å²) in [6.07, 6.45) is 0.0821. The van der Waals surface area contributed by atoms with E-state index in [9.17, 15) is 14.4 Å². The highest BCUT2D eigenvalue weighted by molar-refractivity contribution is 7.18. The smallest absolute Gasteiger partial charge is 0.348 e. The molecule has 26 heavy (non-hydrogen) atoms. The van der Waals surface area contributed by atoms with Crippen molar-refractivity contribution in [2.45, 2.75) is 20.3 Å². The van der Waals surface area contributed by atoms with Crippen molar-refractivity contribution in [2.24, 2.45) is 5.73 Å². The maximum absolute atomic E-state index is 12.1. The quantitative estimate of drug-likeness (QED) is 0.689. The molecule has 1 heterocycles. The maximum Gasteiger partial charge on any atom is 0.348 e. The van der Waals surface area contributed by atoms with Crippen LogP contribution in [0.25, 0.3) is 0 Å². The van der Waals surface area contributed by atoms with Gasteiger partial charge >= 0.3 is 5.97 Å². The fourth-order valence-corrected chi connectivity index (χ4v) is 3.38. The summed E-state index contributed by atoms with van der Waals surface area (Å²) in [6.45, 7) is 3.67. The SMILES string of the molecule is CCOC(=O)c1sc(NC(=O)CCOc2ccccc2)c(C(N)=O)c1C. The summed E-state index contributed by atoms with van der Waals surface area (Å²) in [6, 6.07) is 9.11. The summed E-state index contributed by atoms with van der Waals surface area (Å²) < 4.78 is 10.4. The van der Waals surface area contributed by atoms with Crippen LogP contribution in [0.1, 0.15) is 38.9 Å². The fraction of sp³-hybridized carbons (Fsp3) is 0.278. The van der Waals surface area contributed by atoms with Crippen LogP contribution in [-0.4, -0.2) is 31.0 Å². The predicted molar refractivity (Wildman–Crippen MR) is 98.7 cm³/mol. The normalized spacial score (nSPS) is 10.2. The maximum atomic E-state index is 12.1. The van der Waals surface area contributed by atoms with E-state index in [0.717, 1.165) is 11.3 Å². The molecule has 0 unspecified atom stereocenters. The molecule has 0 aliphatic rings. The van der Waals surface area contributed by atoms with Crippen molar-refractivity contribution >= 4 is 34.1 Å². The summed E-state index contributed by atoms with van der Waals surface area (Å²) >= 11 is 0.973. The molecule has 0 saturated heterocycles. The first-order chi connectivity index (χ1) is 12.4. The molecule has 2 aromatic rings. The summed E-state index contributed by atoms with van der Waals surface area (Å²) in [5, 5.41) is 2.87. The Labute approximate surface area is 155 Å². The number of esters is 1. The van der Waals surface area contributed by atoms with Crippen LogP contribution in [0.3, 0.4) is 0 Å². The monoisotopic (exact) mass is 376 g/mol. The number of hydrogen-bond donors (Lipinski definition) is 2. The molecule has 0 fully saturated rings. The molecule has 2 amide bonds. The standard InChI is InChI=1S/C18H20N2O5S/c1-3-24-18(23)15-11(2)14(16(19)22)17(26-15)20-13(21)9-10-25-12-7-5-4-6-8-12/h4-8H,3,9-10H2,1-2H3,(H2,19,22)(H,20,21). The van der Waals surface area contributed by atoms with Crippen LogP contribution in [0.4, 0.5) is 5.00 Å². The molecule has 2 rings (SSSR count). The van der Waals surface area contributed by atoms with Gasteiger partial charge in [0.25, 0.3) is 5.91 Å². The number of primary amides is 1. The van der Waals surface area contributed by atoms with Gasteiger partial charge in [0.1, 0.15) is 15.6 Å². The molecule has 0 atom stereocenters. The van der Waals surface area contributed by atoms with Crippen molar-refractivity contribution in [3.05, 3.63) is 46.3 Å². The van der Waals surface area contributed by atoms with Gasteiger partial charge in [0.15, 0.2) is 0 Å². The fourth-order valence-electron chi connectivity index (χ4n) is 2.26. The van der Waals surface area contributed by atoms with Crippen molar-refractivity contribution < 1.29 is 23.9 Å². The lowest BCUT2D eigenvalue weighted by molar-refractivity contribution is -0.116. The largest absolute Gasteiger partial charge is 0.493 e. The minimum Gasteiger partial charge on any atom is -0.493 e. The predicted octanol–water partition coefficient (Wildman–Crippen LogP) is 2.74. The summed E-state index contributed by atoms with van der Waals surface area (Å²) in [5.74, 6) is -0.953. The van der Waals surface area contributed by atoms with E-state index in [1.165, 1.54) is 0 Å². The Morgan fingerprint density at radius 2 is 1.88 bits per heavy atom. The van der Waals surface area contributed by atoms with Crippen molar-refractivity contribution in [1.82, 2.24) is 0 Å². The molecule has 8 heteroatoms. The number of hydrogen-bond acceptors (Lipinski definition) is 6. The Kier molecular flexibility index (Phi) is 6.74. The second-order valence-electron chi connectivity index (χ2n) is 5.30. The van der Waals surface area contributed by atoms with Gasteiger partial charge in [-0.15, -0.1) is 11.3 Å². The Balaban J connectivity index is 2.05. The molecule has 0 aliphatic heterocycles. The molecule has 0 bridgehead atoms. The molecule has 1 aromatic carbocycles. The van der Waals surface area contributed by atoms with Crippen LogP contribution in [-0.2, 0) is 9.53 Å². The van der Waals surface area contributed by atoms with E-state index in [1.807, 2.05) is 18.2 Å². The van der Waals surface area contributed by atoms with Crippen molar-refractivity contribution in [1.29, 1.82) is 0 Å². The van der Waals surface area contributed by atoms with Crippen molar-refractivity contribution in [3.63, 3.8) is 0 Å². The van der Waals surface area contributed by atoms with Crippen LogP contribution < -0.4 is 15.8 Å². The number of nitrogens with one attached hydrogen (secondary N) is 1. The number of benzene rings is 1. The molecule has 0 radical (unpaired) electrons. The molecule has 138 valence electrons. The Morgan fingerprint density at radius 1 is 1.19 bits per heavy atom. The van der Waals surface area contributed by atoms with E-state index < -0.39 is 11.9 Å². The van der Waals surface area contributed by atoms with Crippen molar-refractivity contribution in [3.8, 4) is 5.75 Å². The highest BCUT2D eigenvalue weighted by atomic mass is 32.1. The molecule has 0 aliphatic carbocycles. The topological polar surface area (TPSA) is 108 Å². The number of carbonyl (C=O) groups is 3. The second kappa shape index (κ2) is 9.00. The average Bonchev–Trinajstić information content (AvgIpc) is 2.92. The molecule has 7 nitrogen and oxygen atoms in total. The number of anilines is 1. The van der Waals surface area contributed by atoms with E-state index in [1.54, 1.807) is 26.0 Å². The highest BCUT2D eigenvalue weighted by Gasteiger charge is 2.25. The molecular weight excluding hydrogens is 356 g/mol. The number of nitrogens with two attached hydrogens (primary N) is 1. The van der Waals surface area contributed by atoms with Gasteiger partial charge in [-0.3, -0.25) is 9.59 Å². The van der Waals surface area contributed by atoms with Gasteiger partial charge in [-0.1, -0.05) is 18.2 Å². The number of carbonyl (C=O) groups excluding carboxylic acids is 3. The van der Waals surface area contributed by atoms with Gasteiger partial charge in [-0.25, -0.2) is 4.79 Å². The third-order valence-electron chi connectivity index (χ3n) is 3.45. The highest BCUT2D eigenvalue weighted by Crippen LogP contribution is 2.33. The minimum absolute atomic E-state index is 0.0821. The molecular formula is C18H20N2O5S. The van der Waals surface area contributed by atoms with Gasteiger partial charge in [0.05, 0.1) is 25.2 Å². The van der Waals surface area contributed by atoms with Crippen LogP contribution in [0.15, 0.2) is 30.3 Å². The van der Waals surface area contributed by atoms with Crippen LogP contribution >= 0.6 is 11.3 Å². The molecule has 3 N–H and O–H groups in total. The first-order valence-electron chi connectivity index (χ1n) is 8.02. The van der Waals surface area contributed by atoms with E-state index in [4.69, 9.17) is 15.2 Å². The van der Waals surface area contributed by atoms with Crippen molar-refractivity contribution in [2.75, 3.05) is 18.5 Å². The average molecular weight is 376 g/mol. The van der Waals surface area contributed by atoms with E-state index in [0.29, 0.717) is 11.3 Å². The van der Waals surface area contributed by atoms with Crippen LogP contribution in [0, 0.1) is 6.92 Å². The lowest BCUT2D eigenvalue weighted by Gasteiger charge is -2.07. The van der Waals surface area contributed by atoms with E-state index in [2.05, 4.69) is 5.32 Å². The first kappa shape index (κ1) is 19.5. The molecule has 1 aromatic heterocycles. The number of ether oxygens (including phenoxy) is 2.